The molecule has 0 atom stereocenters. The van der Waals surface area contributed by atoms with Gasteiger partial charge in [-0.2, -0.15) is 0 Å². The van der Waals surface area contributed by atoms with E-state index in [9.17, 15) is 4.79 Å². The first-order valence-electron chi connectivity index (χ1n) is 7.61. The fourth-order valence-electron chi connectivity index (χ4n) is 2.55. The summed E-state index contributed by atoms with van der Waals surface area (Å²) in [7, 11) is 1.92. The smallest absolute Gasteiger partial charge is 0.226 e. The first kappa shape index (κ1) is 17.4. The predicted octanol–water partition coefficient (Wildman–Crippen LogP) is 3.40. The number of hydrogen-bond donors (Lipinski definition) is 1. The molecule has 0 unspecified atom stereocenters. The zero-order chi connectivity index (χ0) is 14.0. The third-order valence-electron chi connectivity index (χ3n) is 3.63. The van der Waals surface area contributed by atoms with Crippen LogP contribution in [0.3, 0.4) is 0 Å². The maximum Gasteiger partial charge on any atom is 0.226 e. The lowest BCUT2D eigenvalue weighted by molar-refractivity contribution is -0.139. The highest BCUT2D eigenvalue weighted by atomic mass is 16.2. The van der Waals surface area contributed by atoms with Crippen molar-refractivity contribution < 1.29 is 4.79 Å². The van der Waals surface area contributed by atoms with Crippen LogP contribution in [0.2, 0.25) is 0 Å². The van der Waals surface area contributed by atoms with Gasteiger partial charge in [-0.1, -0.05) is 40.5 Å². The number of amides is 1. The molecule has 1 N–H and O–H groups in total. The van der Waals surface area contributed by atoms with Crippen molar-refractivity contribution in [1.29, 1.82) is 0 Å². The van der Waals surface area contributed by atoms with Crippen LogP contribution < -0.4 is 5.32 Å². The molecule has 0 aromatic carbocycles. The quantitative estimate of drug-likeness (QED) is 0.608. The van der Waals surface area contributed by atoms with Crippen molar-refractivity contribution in [1.82, 2.24) is 10.2 Å². The maximum absolute atomic E-state index is 12.6. The van der Waals surface area contributed by atoms with Gasteiger partial charge >= 0.3 is 0 Å². The minimum absolute atomic E-state index is 0.189. The van der Waals surface area contributed by atoms with Crippen molar-refractivity contribution in [2.24, 2.45) is 5.92 Å². The highest BCUT2D eigenvalue weighted by Crippen LogP contribution is 2.19. The Bertz CT molecular complexity index is 209. The second-order valence-corrected chi connectivity index (χ2v) is 5.06. The molecule has 18 heavy (non-hydrogen) atoms. The normalized spacial score (nSPS) is 11.3. The van der Waals surface area contributed by atoms with E-state index in [2.05, 4.69) is 37.9 Å². The fraction of sp³-hybridized carbons (Fsp3) is 0.933. The summed E-state index contributed by atoms with van der Waals surface area (Å²) >= 11 is 0. The summed E-state index contributed by atoms with van der Waals surface area (Å²) in [6, 6.07) is 0.403. The van der Waals surface area contributed by atoms with E-state index in [1.54, 1.807) is 0 Å². The Kier molecular flexibility index (Phi) is 10.0. The van der Waals surface area contributed by atoms with Crippen molar-refractivity contribution in [2.45, 2.75) is 72.3 Å². The van der Waals surface area contributed by atoms with E-state index in [-0.39, 0.29) is 5.92 Å². The van der Waals surface area contributed by atoms with E-state index in [1.807, 2.05) is 7.05 Å². The van der Waals surface area contributed by atoms with E-state index in [4.69, 9.17) is 0 Å². The van der Waals surface area contributed by atoms with Crippen LogP contribution in [-0.4, -0.2) is 30.6 Å². The first-order valence-corrected chi connectivity index (χ1v) is 7.61. The summed E-state index contributed by atoms with van der Waals surface area (Å²) in [5.74, 6) is 0.524. The summed E-state index contributed by atoms with van der Waals surface area (Å²) < 4.78 is 0. The van der Waals surface area contributed by atoms with Gasteiger partial charge in [0.05, 0.1) is 6.67 Å². The molecule has 0 spiro atoms. The monoisotopic (exact) mass is 256 g/mol. The van der Waals surface area contributed by atoms with Crippen LogP contribution in [0.25, 0.3) is 0 Å². The number of rotatable bonds is 10. The molecular formula is C15H32N2O. The van der Waals surface area contributed by atoms with Crippen LogP contribution in [0, 0.1) is 5.92 Å². The molecule has 108 valence electrons. The standard InChI is InChI=1S/C15H32N2O/c1-6-10-14(11-7-2)17(12-16-5)15(18)13(8-3)9-4/h13-14,16H,6-12H2,1-5H3. The molecule has 0 saturated carbocycles. The molecule has 0 aliphatic carbocycles. The average molecular weight is 256 g/mol. The Morgan fingerprint density at radius 3 is 1.89 bits per heavy atom. The number of carbonyl (C=O) groups is 1. The van der Waals surface area contributed by atoms with Gasteiger partial charge < -0.3 is 10.2 Å². The van der Waals surface area contributed by atoms with Crippen molar-refractivity contribution >= 4 is 5.91 Å². The third kappa shape index (κ3) is 5.38. The Morgan fingerprint density at radius 1 is 1.06 bits per heavy atom. The molecule has 0 aliphatic rings. The van der Waals surface area contributed by atoms with Crippen molar-refractivity contribution in [3.63, 3.8) is 0 Å². The van der Waals surface area contributed by atoms with Crippen molar-refractivity contribution in [2.75, 3.05) is 13.7 Å². The lowest BCUT2D eigenvalue weighted by Crippen LogP contribution is -2.47. The lowest BCUT2D eigenvalue weighted by Gasteiger charge is -2.34. The lowest BCUT2D eigenvalue weighted by atomic mass is 9.98. The van der Waals surface area contributed by atoms with Crippen LogP contribution in [-0.2, 0) is 4.79 Å². The molecular weight excluding hydrogens is 224 g/mol. The summed E-state index contributed by atoms with van der Waals surface area (Å²) in [6.45, 7) is 9.29. The SMILES string of the molecule is CCCC(CCC)N(CNC)C(=O)C(CC)CC. The largest absolute Gasteiger partial charge is 0.327 e. The van der Waals surface area contributed by atoms with E-state index < -0.39 is 0 Å². The summed E-state index contributed by atoms with van der Waals surface area (Å²) in [5.41, 5.74) is 0. The second-order valence-electron chi connectivity index (χ2n) is 5.06. The number of hydrogen-bond acceptors (Lipinski definition) is 2. The second kappa shape index (κ2) is 10.4. The Morgan fingerprint density at radius 2 is 1.56 bits per heavy atom. The van der Waals surface area contributed by atoms with E-state index in [0.29, 0.717) is 18.6 Å². The summed E-state index contributed by atoms with van der Waals surface area (Å²) in [4.78, 5) is 14.6. The van der Waals surface area contributed by atoms with Gasteiger partial charge in [0.1, 0.15) is 0 Å². The van der Waals surface area contributed by atoms with Crippen molar-refractivity contribution in [3.05, 3.63) is 0 Å². The summed E-state index contributed by atoms with van der Waals surface area (Å²) in [6.07, 6.45) is 6.39. The van der Waals surface area contributed by atoms with Gasteiger partial charge in [0.15, 0.2) is 0 Å². The fourth-order valence-corrected chi connectivity index (χ4v) is 2.55. The number of carbonyl (C=O) groups excluding carboxylic acids is 1. The molecule has 0 rings (SSSR count). The van der Waals surface area contributed by atoms with Gasteiger partial charge in [-0.05, 0) is 32.7 Å². The third-order valence-corrected chi connectivity index (χ3v) is 3.63. The zero-order valence-electron chi connectivity index (χ0n) is 13.0. The maximum atomic E-state index is 12.6. The van der Waals surface area contributed by atoms with E-state index in [0.717, 1.165) is 38.5 Å². The van der Waals surface area contributed by atoms with Crippen LogP contribution in [0.4, 0.5) is 0 Å². The zero-order valence-corrected chi connectivity index (χ0v) is 13.0. The average Bonchev–Trinajstić information content (AvgIpc) is 2.37. The van der Waals surface area contributed by atoms with Gasteiger partial charge in [0, 0.05) is 12.0 Å². The van der Waals surface area contributed by atoms with Gasteiger partial charge in [0.25, 0.3) is 0 Å². The minimum atomic E-state index is 0.189. The molecule has 3 nitrogen and oxygen atoms in total. The molecule has 0 bridgehead atoms. The molecule has 0 aromatic rings. The summed E-state index contributed by atoms with van der Waals surface area (Å²) in [5, 5.41) is 3.15. The van der Waals surface area contributed by atoms with Crippen LogP contribution in [0.1, 0.15) is 66.2 Å². The van der Waals surface area contributed by atoms with Gasteiger partial charge in [-0.25, -0.2) is 0 Å². The Balaban J connectivity index is 4.81. The molecule has 0 heterocycles. The van der Waals surface area contributed by atoms with Gasteiger partial charge in [-0.15, -0.1) is 0 Å². The number of nitrogens with one attached hydrogen (secondary N) is 1. The first-order chi connectivity index (χ1) is 8.65. The predicted molar refractivity (Wildman–Crippen MR) is 78.4 cm³/mol. The highest BCUT2D eigenvalue weighted by molar-refractivity contribution is 5.79. The highest BCUT2D eigenvalue weighted by Gasteiger charge is 2.26. The Hall–Kier alpha value is -0.570. The molecule has 0 aliphatic heterocycles. The molecule has 0 radical (unpaired) electrons. The number of nitrogens with zero attached hydrogens (tertiary/aromatic N) is 1. The van der Waals surface area contributed by atoms with Gasteiger partial charge in [-0.3, -0.25) is 4.79 Å². The van der Waals surface area contributed by atoms with E-state index in [1.165, 1.54) is 0 Å². The molecule has 0 fully saturated rings. The van der Waals surface area contributed by atoms with E-state index >= 15 is 0 Å². The molecule has 1 amide bonds. The molecule has 3 heteroatoms. The van der Waals surface area contributed by atoms with Crippen LogP contribution in [0.5, 0.6) is 0 Å². The molecule has 0 aromatic heterocycles. The van der Waals surface area contributed by atoms with Crippen LogP contribution in [0.15, 0.2) is 0 Å². The minimum Gasteiger partial charge on any atom is -0.327 e. The molecule has 0 saturated heterocycles. The topological polar surface area (TPSA) is 32.3 Å². The Labute approximate surface area is 113 Å². The van der Waals surface area contributed by atoms with Gasteiger partial charge in [0.2, 0.25) is 5.91 Å². The van der Waals surface area contributed by atoms with Crippen molar-refractivity contribution in [3.8, 4) is 0 Å². The van der Waals surface area contributed by atoms with Crippen LogP contribution >= 0.6 is 0 Å².